The largest absolute Gasteiger partial charge is 0.392 e. The van der Waals surface area contributed by atoms with Crippen molar-refractivity contribution in [3.05, 3.63) is 24.0 Å². The maximum Gasteiger partial charge on any atom is 0.139 e. The van der Waals surface area contributed by atoms with Gasteiger partial charge in [-0.2, -0.15) is 0 Å². The number of hydrogen-bond acceptors (Lipinski definition) is 3. The Labute approximate surface area is 113 Å². The van der Waals surface area contributed by atoms with Gasteiger partial charge >= 0.3 is 0 Å². The van der Waals surface area contributed by atoms with Gasteiger partial charge in [-0.25, -0.2) is 4.98 Å². The normalized spacial score (nSPS) is 23.7. The van der Waals surface area contributed by atoms with Crippen LogP contribution >= 0.6 is 0 Å². The van der Waals surface area contributed by atoms with Crippen LogP contribution in [0.2, 0.25) is 0 Å². The van der Waals surface area contributed by atoms with E-state index in [1.807, 2.05) is 12.3 Å². The Hall–Kier alpha value is -1.55. The van der Waals surface area contributed by atoms with Gasteiger partial charge in [0.15, 0.2) is 0 Å². The third-order valence-corrected chi connectivity index (χ3v) is 4.28. The number of nitrogens with one attached hydrogen (secondary N) is 2. The van der Waals surface area contributed by atoms with Crippen molar-refractivity contribution in [2.24, 2.45) is 5.92 Å². The van der Waals surface area contributed by atoms with Crippen molar-refractivity contribution in [1.82, 2.24) is 9.97 Å². The molecule has 19 heavy (non-hydrogen) atoms. The highest BCUT2D eigenvalue weighted by molar-refractivity contribution is 5.91. The van der Waals surface area contributed by atoms with Crippen molar-refractivity contribution in [2.45, 2.75) is 45.3 Å². The molecule has 3 N–H and O–H groups in total. The molecule has 4 nitrogen and oxygen atoms in total. The molecule has 102 valence electrons. The lowest BCUT2D eigenvalue weighted by molar-refractivity contribution is 0.281. The highest BCUT2D eigenvalue weighted by Crippen LogP contribution is 2.31. The van der Waals surface area contributed by atoms with Crippen LogP contribution in [-0.2, 0) is 6.61 Å². The summed E-state index contributed by atoms with van der Waals surface area (Å²) in [7, 11) is 0. The lowest BCUT2D eigenvalue weighted by Crippen LogP contribution is -2.30. The molecule has 2 heterocycles. The van der Waals surface area contributed by atoms with Gasteiger partial charge in [0.25, 0.3) is 0 Å². The zero-order chi connectivity index (χ0) is 13.2. The summed E-state index contributed by atoms with van der Waals surface area (Å²) in [6.07, 6.45) is 8.77. The molecule has 0 radical (unpaired) electrons. The van der Waals surface area contributed by atoms with Crippen molar-refractivity contribution in [2.75, 3.05) is 5.32 Å². The maximum absolute atomic E-state index is 9.52. The molecule has 2 atom stereocenters. The van der Waals surface area contributed by atoms with E-state index in [0.29, 0.717) is 12.0 Å². The van der Waals surface area contributed by atoms with Crippen molar-refractivity contribution in [3.8, 4) is 0 Å². The van der Waals surface area contributed by atoms with E-state index >= 15 is 0 Å². The number of hydrogen-bond donors (Lipinski definition) is 3. The number of H-pyrrole nitrogens is 1. The lowest BCUT2D eigenvalue weighted by Gasteiger charge is -2.31. The summed E-state index contributed by atoms with van der Waals surface area (Å²) in [6, 6.07) is 2.52. The zero-order valence-corrected chi connectivity index (χ0v) is 11.3. The van der Waals surface area contributed by atoms with Gasteiger partial charge in [-0.1, -0.05) is 19.8 Å². The molecule has 0 spiro atoms. The Morgan fingerprint density at radius 2 is 2.26 bits per heavy atom. The minimum Gasteiger partial charge on any atom is -0.392 e. The highest BCUT2D eigenvalue weighted by atomic mass is 16.3. The fourth-order valence-corrected chi connectivity index (χ4v) is 3.06. The molecule has 1 aliphatic rings. The number of aromatic amines is 1. The first kappa shape index (κ1) is 12.5. The lowest BCUT2D eigenvalue weighted by atomic mass is 9.85. The van der Waals surface area contributed by atoms with E-state index in [-0.39, 0.29) is 6.61 Å². The molecule has 4 heteroatoms. The van der Waals surface area contributed by atoms with E-state index < -0.39 is 0 Å². The molecule has 0 aromatic carbocycles. The van der Waals surface area contributed by atoms with Crippen LogP contribution in [-0.4, -0.2) is 21.1 Å². The molecule has 2 aromatic heterocycles. The number of nitrogens with zero attached hydrogens (tertiary/aromatic N) is 1. The Balaban J connectivity index is 1.95. The van der Waals surface area contributed by atoms with Gasteiger partial charge in [0, 0.05) is 29.4 Å². The van der Waals surface area contributed by atoms with Gasteiger partial charge in [0.2, 0.25) is 0 Å². The summed E-state index contributed by atoms with van der Waals surface area (Å²) in [6.45, 7) is 2.34. The molecule has 0 unspecified atom stereocenters. The number of rotatable bonds is 3. The molecule has 1 aliphatic carbocycles. The zero-order valence-electron chi connectivity index (χ0n) is 11.3. The standard InChI is InChI=1S/C15H21N3O/c1-10-4-2-3-5-13(10)18-14-11(9-19)8-17-15-12(14)6-7-16-15/h6-8,10,13,19H,2-5,9H2,1H3,(H2,16,17,18)/t10-,13+/m1/s1. The summed E-state index contributed by atoms with van der Waals surface area (Å²) in [5.41, 5.74) is 2.81. The third kappa shape index (κ3) is 2.32. The maximum atomic E-state index is 9.52. The van der Waals surface area contributed by atoms with E-state index in [0.717, 1.165) is 22.3 Å². The van der Waals surface area contributed by atoms with E-state index in [4.69, 9.17) is 0 Å². The van der Waals surface area contributed by atoms with E-state index in [1.165, 1.54) is 25.7 Å². The van der Waals surface area contributed by atoms with Gasteiger partial charge in [-0.15, -0.1) is 0 Å². The fraction of sp³-hybridized carbons (Fsp3) is 0.533. The molecular weight excluding hydrogens is 238 g/mol. The molecule has 1 fully saturated rings. The second kappa shape index (κ2) is 5.21. The van der Waals surface area contributed by atoms with E-state index in [2.05, 4.69) is 22.2 Å². The quantitative estimate of drug-likeness (QED) is 0.794. The first-order valence-electron chi connectivity index (χ1n) is 7.12. The van der Waals surface area contributed by atoms with E-state index in [1.54, 1.807) is 6.20 Å². The Morgan fingerprint density at radius 3 is 3.05 bits per heavy atom. The SMILES string of the molecule is C[C@@H]1CCCC[C@@H]1Nc1c(CO)cnc2[nH]ccc12. The molecular formula is C15H21N3O. The summed E-state index contributed by atoms with van der Waals surface area (Å²) >= 11 is 0. The van der Waals surface area contributed by atoms with Crippen molar-refractivity contribution >= 4 is 16.7 Å². The topological polar surface area (TPSA) is 60.9 Å². The van der Waals surface area contributed by atoms with Crippen LogP contribution in [0, 0.1) is 5.92 Å². The van der Waals surface area contributed by atoms with Gasteiger partial charge in [-0.05, 0) is 24.8 Å². The van der Waals surface area contributed by atoms with Crippen LogP contribution in [0.15, 0.2) is 18.5 Å². The van der Waals surface area contributed by atoms with Crippen LogP contribution in [0.4, 0.5) is 5.69 Å². The number of fused-ring (bicyclic) bond motifs is 1. The molecule has 0 bridgehead atoms. The molecule has 0 aliphatic heterocycles. The Kier molecular flexibility index (Phi) is 3.42. The van der Waals surface area contributed by atoms with Crippen molar-refractivity contribution in [1.29, 1.82) is 0 Å². The minimum absolute atomic E-state index is 0.0254. The number of pyridine rings is 1. The average Bonchev–Trinajstić information content (AvgIpc) is 2.90. The van der Waals surface area contributed by atoms with Crippen LogP contribution in [0.25, 0.3) is 11.0 Å². The predicted octanol–water partition coefficient (Wildman–Crippen LogP) is 3.05. The molecule has 2 aromatic rings. The van der Waals surface area contributed by atoms with Crippen LogP contribution in [0.1, 0.15) is 38.2 Å². The van der Waals surface area contributed by atoms with Crippen LogP contribution in [0.3, 0.4) is 0 Å². The smallest absolute Gasteiger partial charge is 0.139 e. The monoisotopic (exact) mass is 259 g/mol. The summed E-state index contributed by atoms with van der Waals surface area (Å²) in [5.74, 6) is 0.683. The summed E-state index contributed by atoms with van der Waals surface area (Å²) in [4.78, 5) is 7.46. The van der Waals surface area contributed by atoms with E-state index in [9.17, 15) is 5.11 Å². The number of aliphatic hydroxyl groups excluding tert-OH is 1. The number of anilines is 1. The minimum atomic E-state index is 0.0254. The van der Waals surface area contributed by atoms with Gasteiger partial charge in [-0.3, -0.25) is 0 Å². The van der Waals surface area contributed by atoms with Gasteiger partial charge in [0.1, 0.15) is 5.65 Å². The van der Waals surface area contributed by atoms with Crippen molar-refractivity contribution in [3.63, 3.8) is 0 Å². The summed E-state index contributed by atoms with van der Waals surface area (Å²) < 4.78 is 0. The van der Waals surface area contributed by atoms with Gasteiger partial charge in [0.05, 0.1) is 12.3 Å². The van der Waals surface area contributed by atoms with Crippen molar-refractivity contribution < 1.29 is 5.11 Å². The second-order valence-corrected chi connectivity index (χ2v) is 5.57. The average molecular weight is 259 g/mol. The summed E-state index contributed by atoms with van der Waals surface area (Å²) in [5, 5.41) is 14.3. The first-order chi connectivity index (χ1) is 9.29. The fourth-order valence-electron chi connectivity index (χ4n) is 3.06. The molecule has 0 saturated heterocycles. The Bertz CT molecular complexity index is 564. The number of aromatic nitrogens is 2. The first-order valence-corrected chi connectivity index (χ1v) is 7.12. The number of aliphatic hydroxyl groups is 1. The second-order valence-electron chi connectivity index (χ2n) is 5.57. The Morgan fingerprint density at radius 1 is 1.42 bits per heavy atom. The predicted molar refractivity (Wildman–Crippen MR) is 77.1 cm³/mol. The van der Waals surface area contributed by atoms with Gasteiger partial charge < -0.3 is 15.4 Å². The third-order valence-electron chi connectivity index (χ3n) is 4.28. The molecule has 0 amide bonds. The van der Waals surface area contributed by atoms with Crippen LogP contribution < -0.4 is 5.32 Å². The molecule has 3 rings (SSSR count). The molecule has 1 saturated carbocycles. The highest BCUT2D eigenvalue weighted by Gasteiger charge is 2.22. The van der Waals surface area contributed by atoms with Crippen LogP contribution in [0.5, 0.6) is 0 Å².